The number of ketones is 2. The Hall–Kier alpha value is -3.14. The van der Waals surface area contributed by atoms with Crippen LogP contribution in [0, 0.1) is 6.92 Å². The van der Waals surface area contributed by atoms with Crippen LogP contribution in [0.1, 0.15) is 26.3 Å². The van der Waals surface area contributed by atoms with E-state index in [-0.39, 0.29) is 11.1 Å². The first kappa shape index (κ1) is 13.5. The predicted molar refractivity (Wildman–Crippen MR) is 87.1 cm³/mol. The van der Waals surface area contributed by atoms with E-state index in [4.69, 9.17) is 0 Å². The highest BCUT2D eigenvalue weighted by Gasteiger charge is 2.33. The summed E-state index contributed by atoms with van der Waals surface area (Å²) in [5.41, 5.74) is 1.27. The first-order chi connectivity index (χ1) is 11.0. The maximum Gasteiger partial charge on any atom is 0.232 e. The molecule has 0 fully saturated rings. The van der Waals surface area contributed by atoms with Crippen molar-refractivity contribution in [2.75, 3.05) is 0 Å². The van der Waals surface area contributed by atoms with Crippen molar-refractivity contribution in [1.82, 2.24) is 0 Å². The minimum atomic E-state index is -0.889. The summed E-state index contributed by atoms with van der Waals surface area (Å²) < 4.78 is 0. The van der Waals surface area contributed by atoms with E-state index in [1.807, 2.05) is 37.3 Å². The quantitative estimate of drug-likeness (QED) is 0.615. The molecule has 23 heavy (non-hydrogen) atoms. The molecule has 4 nitrogen and oxygen atoms in total. The second-order valence-corrected chi connectivity index (χ2v) is 5.66. The van der Waals surface area contributed by atoms with Gasteiger partial charge < -0.3 is 10.2 Å². The Morgan fingerprint density at radius 3 is 2.26 bits per heavy atom. The minimum absolute atomic E-state index is 0.118. The molecule has 0 saturated heterocycles. The van der Waals surface area contributed by atoms with Gasteiger partial charge in [-0.1, -0.05) is 30.3 Å². The molecule has 3 aromatic carbocycles. The summed E-state index contributed by atoms with van der Waals surface area (Å²) in [6.45, 7) is 1.96. The molecule has 0 amide bonds. The fourth-order valence-corrected chi connectivity index (χ4v) is 3.26. The molecule has 0 bridgehead atoms. The molecule has 1 aliphatic carbocycles. The molecule has 0 saturated carbocycles. The average Bonchev–Trinajstić information content (AvgIpc) is 2.57. The van der Waals surface area contributed by atoms with Gasteiger partial charge in [-0.25, -0.2) is 0 Å². The van der Waals surface area contributed by atoms with Crippen LogP contribution in [0.2, 0.25) is 0 Å². The van der Waals surface area contributed by atoms with Gasteiger partial charge in [0, 0.05) is 11.1 Å². The summed E-state index contributed by atoms with van der Waals surface area (Å²) in [6, 6.07) is 12.9. The van der Waals surface area contributed by atoms with Crippen molar-refractivity contribution in [3.63, 3.8) is 0 Å². The van der Waals surface area contributed by atoms with Gasteiger partial charge in [-0.15, -0.1) is 0 Å². The topological polar surface area (TPSA) is 74.6 Å². The number of aliphatic hydroxyl groups excluding tert-OH is 2. The van der Waals surface area contributed by atoms with Crippen molar-refractivity contribution < 1.29 is 19.8 Å². The zero-order valence-corrected chi connectivity index (χ0v) is 12.3. The number of rotatable bonds is 0. The van der Waals surface area contributed by atoms with Crippen LogP contribution in [0.3, 0.4) is 0 Å². The Bertz CT molecular complexity index is 1070. The number of allylic oxidation sites excluding steroid dienone is 2. The van der Waals surface area contributed by atoms with Crippen molar-refractivity contribution >= 4 is 33.1 Å². The summed E-state index contributed by atoms with van der Waals surface area (Å²) in [5.74, 6) is -3.23. The van der Waals surface area contributed by atoms with Crippen LogP contribution >= 0.6 is 0 Å². The van der Waals surface area contributed by atoms with Gasteiger partial charge in [-0.05, 0) is 46.2 Å². The molecule has 3 aromatic rings. The largest absolute Gasteiger partial charge is 0.501 e. The van der Waals surface area contributed by atoms with Crippen LogP contribution in [-0.2, 0) is 0 Å². The summed E-state index contributed by atoms with van der Waals surface area (Å²) in [5, 5.41) is 22.9. The van der Waals surface area contributed by atoms with Crippen molar-refractivity contribution in [2.24, 2.45) is 0 Å². The molecule has 0 aromatic heterocycles. The lowest BCUT2D eigenvalue weighted by molar-refractivity contribution is 0.0882. The number of carbonyl (C=O) groups excluding carboxylic acids is 2. The Labute approximate surface area is 131 Å². The van der Waals surface area contributed by atoms with E-state index in [0.29, 0.717) is 5.39 Å². The molecule has 0 unspecified atom stereocenters. The lowest BCUT2D eigenvalue weighted by Gasteiger charge is -2.18. The summed E-state index contributed by atoms with van der Waals surface area (Å²) >= 11 is 0. The Balaban J connectivity index is 2.21. The van der Waals surface area contributed by atoms with E-state index in [1.54, 1.807) is 6.07 Å². The molecule has 0 heterocycles. The maximum atomic E-state index is 12.4. The number of aryl methyl sites for hydroxylation is 1. The van der Waals surface area contributed by atoms with Crippen LogP contribution in [0.25, 0.3) is 21.5 Å². The number of carbonyl (C=O) groups is 2. The van der Waals surface area contributed by atoms with Gasteiger partial charge in [0.1, 0.15) is 0 Å². The van der Waals surface area contributed by atoms with Gasteiger partial charge in [-0.2, -0.15) is 0 Å². The Morgan fingerprint density at radius 1 is 0.783 bits per heavy atom. The SMILES string of the molecule is Cc1c2ccccc2cc2c3c(ccc12)C(=O)C(O)=C(O)C3=O. The van der Waals surface area contributed by atoms with E-state index in [1.165, 1.54) is 6.07 Å². The fraction of sp³-hybridized carbons (Fsp3) is 0.0526. The van der Waals surface area contributed by atoms with Gasteiger partial charge in [0.25, 0.3) is 0 Å². The smallest absolute Gasteiger partial charge is 0.232 e. The van der Waals surface area contributed by atoms with Gasteiger partial charge in [0.05, 0.1) is 0 Å². The molecule has 1 aliphatic rings. The van der Waals surface area contributed by atoms with Crippen LogP contribution in [0.4, 0.5) is 0 Å². The first-order valence-electron chi connectivity index (χ1n) is 7.17. The Kier molecular flexibility index (Phi) is 2.60. The van der Waals surface area contributed by atoms with Crippen molar-refractivity contribution in [3.05, 3.63) is 70.7 Å². The van der Waals surface area contributed by atoms with Crippen molar-refractivity contribution in [2.45, 2.75) is 6.92 Å². The number of Topliss-reactive ketones (excluding diaryl/α,β-unsaturated/α-hetero) is 2. The van der Waals surface area contributed by atoms with Gasteiger partial charge >= 0.3 is 0 Å². The van der Waals surface area contributed by atoms with Gasteiger partial charge in [0.15, 0.2) is 0 Å². The molecular formula is C19H12O4. The summed E-state index contributed by atoms with van der Waals surface area (Å²) in [4.78, 5) is 24.6. The van der Waals surface area contributed by atoms with Crippen LogP contribution < -0.4 is 0 Å². The molecular weight excluding hydrogens is 292 g/mol. The van der Waals surface area contributed by atoms with Crippen LogP contribution in [0.5, 0.6) is 0 Å². The first-order valence-corrected chi connectivity index (χ1v) is 7.17. The standard InChI is InChI=1S/C19H12O4/c1-9-11-5-3-2-4-10(11)8-14-12(9)6-7-13-15(14)17(21)19(23)18(22)16(13)20/h2-8,22-23H,1H3. The highest BCUT2D eigenvalue weighted by atomic mass is 16.3. The molecule has 0 spiro atoms. The van der Waals surface area contributed by atoms with Crippen molar-refractivity contribution in [3.8, 4) is 0 Å². The van der Waals surface area contributed by atoms with Crippen LogP contribution in [-0.4, -0.2) is 21.8 Å². The highest BCUT2D eigenvalue weighted by molar-refractivity contribution is 6.30. The van der Waals surface area contributed by atoms with E-state index in [2.05, 4.69) is 0 Å². The summed E-state index contributed by atoms with van der Waals surface area (Å²) in [7, 11) is 0. The molecule has 112 valence electrons. The van der Waals surface area contributed by atoms with Crippen molar-refractivity contribution in [1.29, 1.82) is 0 Å². The number of fused-ring (bicyclic) bond motifs is 4. The molecule has 0 atom stereocenters. The predicted octanol–water partition coefficient (Wildman–Crippen LogP) is 4.01. The second-order valence-electron chi connectivity index (χ2n) is 5.66. The third-order valence-corrected chi connectivity index (χ3v) is 4.44. The minimum Gasteiger partial charge on any atom is -0.501 e. The monoisotopic (exact) mass is 304 g/mol. The van der Waals surface area contributed by atoms with E-state index >= 15 is 0 Å². The lowest BCUT2D eigenvalue weighted by Crippen LogP contribution is -2.22. The number of aliphatic hydroxyl groups is 2. The van der Waals surface area contributed by atoms with E-state index in [0.717, 1.165) is 21.7 Å². The number of hydrogen-bond acceptors (Lipinski definition) is 4. The van der Waals surface area contributed by atoms with E-state index < -0.39 is 23.1 Å². The lowest BCUT2D eigenvalue weighted by atomic mass is 9.85. The van der Waals surface area contributed by atoms with Crippen LogP contribution in [0.15, 0.2) is 54.0 Å². The second kappa shape index (κ2) is 4.43. The van der Waals surface area contributed by atoms with Gasteiger partial charge in [-0.3, -0.25) is 9.59 Å². The Morgan fingerprint density at radius 2 is 1.48 bits per heavy atom. The molecule has 0 aliphatic heterocycles. The average molecular weight is 304 g/mol. The number of hydrogen-bond donors (Lipinski definition) is 2. The highest BCUT2D eigenvalue weighted by Crippen LogP contribution is 2.35. The maximum absolute atomic E-state index is 12.4. The fourth-order valence-electron chi connectivity index (χ4n) is 3.26. The molecule has 2 N–H and O–H groups in total. The molecule has 4 rings (SSSR count). The molecule has 4 heteroatoms. The van der Waals surface area contributed by atoms with E-state index in [9.17, 15) is 19.8 Å². The normalized spacial score (nSPS) is 14.7. The zero-order valence-electron chi connectivity index (χ0n) is 12.3. The summed E-state index contributed by atoms with van der Waals surface area (Å²) in [6.07, 6.45) is 0. The zero-order chi connectivity index (χ0) is 16.3. The molecule has 0 radical (unpaired) electrons. The third kappa shape index (κ3) is 1.66. The van der Waals surface area contributed by atoms with Gasteiger partial charge in [0.2, 0.25) is 23.1 Å². The number of benzene rings is 3. The third-order valence-electron chi connectivity index (χ3n) is 4.44.